The number of anilines is 2. The zero-order valence-corrected chi connectivity index (χ0v) is 49.3. The van der Waals surface area contributed by atoms with E-state index in [1.54, 1.807) is 7.11 Å². The smallest absolute Gasteiger partial charge is 0.227 e. The van der Waals surface area contributed by atoms with E-state index >= 15 is 4.79 Å². The van der Waals surface area contributed by atoms with Crippen molar-refractivity contribution in [3.05, 3.63) is 63.6 Å². The molecule has 0 radical (unpaired) electrons. The summed E-state index contributed by atoms with van der Waals surface area (Å²) in [5, 5.41) is 6.68. The number of hydrogen-bond donors (Lipinski definition) is 2. The number of carbonyl (C=O) groups is 3. The number of rotatable bonds is 30. The summed E-state index contributed by atoms with van der Waals surface area (Å²) in [7, 11) is 1.62. The molecule has 8 nitrogen and oxygen atoms in total. The second-order valence-corrected chi connectivity index (χ2v) is 25.1. The molecule has 0 bridgehead atoms. The fourth-order valence-corrected chi connectivity index (χ4v) is 12.8. The van der Waals surface area contributed by atoms with Crippen LogP contribution in [0.25, 0.3) is 5.57 Å². The highest BCUT2D eigenvalue weighted by atomic mass is 32.2. The molecule has 398 valence electrons. The molecule has 0 saturated heterocycles. The minimum Gasteiger partial charge on any atom is -0.495 e. The quantitative estimate of drug-likeness (QED) is 0.0585. The van der Waals surface area contributed by atoms with Crippen molar-refractivity contribution >= 4 is 63.8 Å². The van der Waals surface area contributed by atoms with Crippen molar-refractivity contribution < 1.29 is 19.1 Å². The Morgan fingerprint density at radius 2 is 1.34 bits per heavy atom. The SMILES string of the molecule is CCCCC(CC)CSCCCC(C)C(=O)NC1=CC(=N\C(C)C)/C(C(C)(C)CC)=CC/1=C1\C(=O)C(c2cc3c(cc2NC(=O)C(C)CCCSCC(CC)CCCC)N(C(C)C)C(C)C3(C)C)=C1OC. The van der Waals surface area contributed by atoms with E-state index in [1.165, 1.54) is 62.9 Å². The van der Waals surface area contributed by atoms with Gasteiger partial charge >= 0.3 is 0 Å². The number of unbranched alkanes of at least 4 members (excludes halogenated alkanes) is 2. The van der Waals surface area contributed by atoms with Gasteiger partial charge in [0.15, 0.2) is 0 Å². The number of hydrogen-bond acceptors (Lipinski definition) is 8. The number of thioether (sulfide) groups is 2. The van der Waals surface area contributed by atoms with Crippen LogP contribution in [0.15, 0.2) is 57.5 Å². The monoisotopic (exact) mass is 1010 g/mol. The highest BCUT2D eigenvalue weighted by Crippen LogP contribution is 2.52. The van der Waals surface area contributed by atoms with Crippen LogP contribution in [-0.4, -0.2) is 71.6 Å². The molecule has 2 N–H and O–H groups in total. The normalized spacial score (nSPS) is 20.2. The molecule has 3 aliphatic rings. The van der Waals surface area contributed by atoms with Crippen LogP contribution in [0, 0.1) is 29.1 Å². The van der Waals surface area contributed by atoms with E-state index in [9.17, 15) is 9.59 Å². The first-order valence-electron chi connectivity index (χ1n) is 28.0. The maximum atomic E-state index is 15.3. The molecule has 1 heterocycles. The summed E-state index contributed by atoms with van der Waals surface area (Å²) in [5.41, 5.74) is 6.90. The molecular formula is C61H98N4O4S2. The molecule has 2 aliphatic carbocycles. The maximum Gasteiger partial charge on any atom is 0.227 e. The van der Waals surface area contributed by atoms with Gasteiger partial charge in [0.1, 0.15) is 5.76 Å². The number of amides is 2. The maximum absolute atomic E-state index is 15.3. The zero-order valence-electron chi connectivity index (χ0n) is 47.7. The minimum atomic E-state index is -0.277. The van der Waals surface area contributed by atoms with Crippen molar-refractivity contribution in [3.8, 4) is 0 Å². The van der Waals surface area contributed by atoms with Crippen LogP contribution >= 0.6 is 23.5 Å². The van der Waals surface area contributed by atoms with E-state index in [1.807, 2.05) is 43.4 Å². The number of nitrogens with zero attached hydrogens (tertiary/aromatic N) is 2. The lowest BCUT2D eigenvalue weighted by atomic mass is 9.72. The van der Waals surface area contributed by atoms with Crippen LogP contribution in [0.2, 0.25) is 0 Å². The van der Waals surface area contributed by atoms with Gasteiger partial charge in [-0.1, -0.05) is 115 Å². The van der Waals surface area contributed by atoms with E-state index in [4.69, 9.17) is 9.73 Å². The first-order valence-corrected chi connectivity index (χ1v) is 30.3. The number of methoxy groups -OCH3 is 1. The summed E-state index contributed by atoms with van der Waals surface area (Å²) in [5.74, 6) is 5.69. The second kappa shape index (κ2) is 27.9. The van der Waals surface area contributed by atoms with Gasteiger partial charge in [-0.2, -0.15) is 23.5 Å². The van der Waals surface area contributed by atoms with Gasteiger partial charge in [-0.15, -0.1) is 0 Å². The highest BCUT2D eigenvalue weighted by molar-refractivity contribution is 7.99. The Kier molecular flexibility index (Phi) is 23.7. The Bertz CT molecular complexity index is 2140. The Labute approximate surface area is 441 Å². The number of ether oxygens (including phenoxy) is 1. The van der Waals surface area contributed by atoms with Crippen molar-refractivity contribution in [2.75, 3.05) is 40.3 Å². The summed E-state index contributed by atoms with van der Waals surface area (Å²) in [6.45, 7) is 35.1. The number of benzene rings is 1. The Morgan fingerprint density at radius 3 is 1.82 bits per heavy atom. The molecule has 5 unspecified atom stereocenters. The predicted molar refractivity (Wildman–Crippen MR) is 310 cm³/mol. The van der Waals surface area contributed by atoms with Crippen molar-refractivity contribution in [3.63, 3.8) is 0 Å². The minimum absolute atomic E-state index is 0.0167. The number of Topliss-reactive ketones (excluding diaryl/α,β-unsaturated/α-hetero) is 1. The van der Waals surface area contributed by atoms with E-state index in [0.29, 0.717) is 39.4 Å². The van der Waals surface area contributed by atoms with Crippen LogP contribution in [-0.2, 0) is 24.5 Å². The lowest BCUT2D eigenvalue weighted by molar-refractivity contribution is -0.124. The molecular weight excluding hydrogens is 917 g/mol. The lowest BCUT2D eigenvalue weighted by Gasteiger charge is -2.34. The average molecular weight is 1020 g/mol. The molecule has 0 saturated carbocycles. The molecule has 0 fully saturated rings. The summed E-state index contributed by atoms with van der Waals surface area (Å²) >= 11 is 4.04. The van der Waals surface area contributed by atoms with Gasteiger partial charge in [-0.25, -0.2) is 0 Å². The van der Waals surface area contributed by atoms with Gasteiger partial charge in [0, 0.05) is 52.2 Å². The largest absolute Gasteiger partial charge is 0.495 e. The molecule has 1 aliphatic heterocycles. The summed E-state index contributed by atoms with van der Waals surface area (Å²) in [4.78, 5) is 51.3. The fourth-order valence-electron chi connectivity index (χ4n) is 10.3. The molecule has 1 aromatic rings. The topological polar surface area (TPSA) is 100 Å². The molecule has 2 amide bonds. The van der Waals surface area contributed by atoms with Crippen molar-refractivity contribution in [2.24, 2.45) is 34.1 Å². The molecule has 5 atom stereocenters. The van der Waals surface area contributed by atoms with Crippen LogP contribution in [0.5, 0.6) is 0 Å². The zero-order chi connectivity index (χ0) is 52.8. The first-order chi connectivity index (χ1) is 33.6. The van der Waals surface area contributed by atoms with E-state index < -0.39 is 0 Å². The summed E-state index contributed by atoms with van der Waals surface area (Å²) in [6.07, 6.45) is 18.5. The third-order valence-corrected chi connectivity index (χ3v) is 18.5. The number of fused-ring (bicyclic) bond motifs is 1. The van der Waals surface area contributed by atoms with Crippen molar-refractivity contribution in [1.82, 2.24) is 5.32 Å². The molecule has 1 aromatic carbocycles. The highest BCUT2D eigenvalue weighted by Gasteiger charge is 2.47. The van der Waals surface area contributed by atoms with E-state index in [0.717, 1.165) is 78.0 Å². The van der Waals surface area contributed by atoms with E-state index in [2.05, 4.69) is 131 Å². The molecule has 0 spiro atoms. The third-order valence-electron chi connectivity index (χ3n) is 16.0. The van der Waals surface area contributed by atoms with Gasteiger partial charge in [0.2, 0.25) is 17.6 Å². The number of allylic oxidation sites excluding steroid dienone is 5. The number of ketones is 1. The van der Waals surface area contributed by atoms with E-state index in [-0.39, 0.29) is 58.4 Å². The fraction of sp³-hybridized carbons (Fsp3) is 0.705. The molecule has 0 aromatic heterocycles. The average Bonchev–Trinajstić information content (AvgIpc) is 3.52. The van der Waals surface area contributed by atoms with Gasteiger partial charge in [-0.3, -0.25) is 19.4 Å². The number of carbonyl (C=O) groups excluding carboxylic acids is 3. The van der Waals surface area contributed by atoms with Crippen LogP contribution in [0.3, 0.4) is 0 Å². The van der Waals surface area contributed by atoms with Gasteiger partial charge in [0.05, 0.1) is 35.4 Å². The van der Waals surface area contributed by atoms with Crippen molar-refractivity contribution in [1.29, 1.82) is 0 Å². The lowest BCUT2D eigenvalue weighted by Crippen LogP contribution is -2.42. The standard InChI is InChI=1S/C61H98N4O4S2/c1-18-23-29-44(20-3)37-70-31-25-27-41(10)58(67)63-50-35-52(62-39(6)7)48(60(13,14)22-5)33-46(50)54-56(66)55(57(54)69-17)47-34-49-53(65(40(8)9)43(12)61(49,15)16)36-51(47)64-59(68)42(11)28-26-32-71-38-45(21-4)30-24-19-2/h33-36,39-45H,18-32,37-38H2,1-17H3,(H,63,67)(H,64,68)/b54-46-,62-52+. The Balaban J connectivity index is 1.78. The molecule has 10 heteroatoms. The van der Waals surface area contributed by atoms with Gasteiger partial charge < -0.3 is 20.3 Å². The van der Waals surface area contributed by atoms with Crippen LogP contribution < -0.4 is 15.5 Å². The van der Waals surface area contributed by atoms with Crippen molar-refractivity contribution in [2.45, 2.75) is 218 Å². The third kappa shape index (κ3) is 15.2. The van der Waals surface area contributed by atoms with Gasteiger partial charge in [0.25, 0.3) is 0 Å². The predicted octanol–water partition coefficient (Wildman–Crippen LogP) is 15.7. The summed E-state index contributed by atoms with van der Waals surface area (Å²) < 4.78 is 6.31. The van der Waals surface area contributed by atoms with Crippen LogP contribution in [0.1, 0.15) is 205 Å². The molecule has 71 heavy (non-hydrogen) atoms. The Morgan fingerprint density at radius 1 is 0.789 bits per heavy atom. The molecule has 4 rings (SSSR count). The Hall–Kier alpha value is -3.24. The van der Waals surface area contributed by atoms with Crippen LogP contribution in [0.4, 0.5) is 11.4 Å². The summed E-state index contributed by atoms with van der Waals surface area (Å²) in [6, 6.07) is 4.67. The number of nitrogens with one attached hydrogen (secondary N) is 2. The number of aliphatic imine (C=N–C) groups is 1. The second-order valence-electron chi connectivity index (χ2n) is 22.8. The first kappa shape index (κ1) is 60.3. The van der Waals surface area contributed by atoms with Gasteiger partial charge in [-0.05, 0) is 155 Å².